The lowest BCUT2D eigenvalue weighted by Crippen LogP contribution is -2.31. The highest BCUT2D eigenvalue weighted by Gasteiger charge is 2.19. The molecule has 170 valence electrons. The van der Waals surface area contributed by atoms with Gasteiger partial charge in [0.2, 0.25) is 5.75 Å². The number of methoxy groups -OCH3 is 4. The summed E-state index contributed by atoms with van der Waals surface area (Å²) in [6, 6.07) is 18.4. The second-order valence-electron chi connectivity index (χ2n) is 7.19. The highest BCUT2D eigenvalue weighted by Crippen LogP contribution is 2.40. The van der Waals surface area contributed by atoms with Crippen molar-refractivity contribution in [3.63, 3.8) is 0 Å². The van der Waals surface area contributed by atoms with Crippen LogP contribution in [0, 0.1) is 0 Å². The van der Waals surface area contributed by atoms with Crippen LogP contribution >= 0.6 is 0 Å². The third-order valence-electron chi connectivity index (χ3n) is 5.30. The van der Waals surface area contributed by atoms with Crippen molar-refractivity contribution in [2.45, 2.75) is 6.54 Å². The molecule has 0 saturated carbocycles. The van der Waals surface area contributed by atoms with E-state index in [2.05, 4.69) is 5.43 Å². The molecule has 0 atom stereocenters. The zero-order valence-electron chi connectivity index (χ0n) is 18.9. The topological polar surface area (TPSA) is 83.8 Å². The van der Waals surface area contributed by atoms with Crippen molar-refractivity contribution >= 4 is 10.9 Å². The van der Waals surface area contributed by atoms with Crippen molar-refractivity contribution in [3.8, 4) is 34.4 Å². The molecule has 0 radical (unpaired) electrons. The van der Waals surface area contributed by atoms with Gasteiger partial charge in [0.25, 0.3) is 5.56 Å². The lowest BCUT2D eigenvalue weighted by Gasteiger charge is -2.18. The van der Waals surface area contributed by atoms with Crippen LogP contribution in [0.3, 0.4) is 0 Å². The summed E-state index contributed by atoms with van der Waals surface area (Å²) < 4.78 is 23.1. The average Bonchev–Trinajstić information content (AvgIpc) is 2.87. The van der Waals surface area contributed by atoms with E-state index in [1.807, 2.05) is 42.5 Å². The van der Waals surface area contributed by atoms with Gasteiger partial charge in [0.15, 0.2) is 17.3 Å². The second kappa shape index (κ2) is 9.52. The van der Waals surface area contributed by atoms with E-state index in [1.165, 1.54) is 4.68 Å². The molecule has 0 spiro atoms. The minimum atomic E-state index is -0.210. The van der Waals surface area contributed by atoms with Gasteiger partial charge in [-0.1, -0.05) is 24.3 Å². The normalized spacial score (nSPS) is 10.7. The maximum Gasteiger partial charge on any atom is 0.280 e. The van der Waals surface area contributed by atoms with E-state index in [4.69, 9.17) is 23.9 Å². The van der Waals surface area contributed by atoms with Crippen LogP contribution in [0.15, 0.2) is 65.5 Å². The summed E-state index contributed by atoms with van der Waals surface area (Å²) in [5.41, 5.74) is 5.21. The number of hydrogen-bond donors (Lipinski definition) is 1. The lowest BCUT2D eigenvalue weighted by molar-refractivity contribution is 0.324. The van der Waals surface area contributed by atoms with Gasteiger partial charge in [-0.05, 0) is 42.0 Å². The highest BCUT2D eigenvalue weighted by atomic mass is 16.5. The number of rotatable bonds is 8. The molecule has 0 fully saturated rings. The summed E-state index contributed by atoms with van der Waals surface area (Å²) in [6.45, 7) is 0.404. The monoisotopic (exact) mass is 447 g/mol. The molecule has 8 nitrogen and oxygen atoms in total. The maximum absolute atomic E-state index is 13.4. The Morgan fingerprint density at radius 2 is 1.52 bits per heavy atom. The molecule has 3 aromatic carbocycles. The fourth-order valence-corrected chi connectivity index (χ4v) is 3.60. The van der Waals surface area contributed by atoms with Gasteiger partial charge in [-0.3, -0.25) is 4.79 Å². The first-order valence-electron chi connectivity index (χ1n) is 10.3. The maximum atomic E-state index is 13.4. The molecule has 4 aromatic rings. The first-order chi connectivity index (χ1) is 16.1. The third-order valence-corrected chi connectivity index (χ3v) is 5.30. The fraction of sp³-hybridized carbons (Fsp3) is 0.200. The van der Waals surface area contributed by atoms with Gasteiger partial charge in [0, 0.05) is 5.56 Å². The predicted molar refractivity (Wildman–Crippen MR) is 127 cm³/mol. The van der Waals surface area contributed by atoms with E-state index in [1.54, 1.807) is 46.6 Å². The summed E-state index contributed by atoms with van der Waals surface area (Å²) >= 11 is 0. The lowest BCUT2D eigenvalue weighted by atomic mass is 10.1. The molecule has 1 aromatic heterocycles. The van der Waals surface area contributed by atoms with E-state index in [9.17, 15) is 4.79 Å². The Hall–Kier alpha value is -4.20. The number of para-hydroxylation sites is 1. The summed E-state index contributed by atoms with van der Waals surface area (Å²) in [5.74, 6) is 2.59. The number of benzene rings is 3. The van der Waals surface area contributed by atoms with Crippen LogP contribution in [0.2, 0.25) is 0 Å². The minimum absolute atomic E-state index is 0.210. The molecular formula is C25H25N3O5. The predicted octanol–water partition coefficient (Wildman–Crippen LogP) is 3.84. The molecule has 0 saturated heterocycles. The molecule has 0 amide bonds. The summed E-state index contributed by atoms with van der Waals surface area (Å²) in [6.07, 6.45) is 0. The first-order valence-corrected chi connectivity index (χ1v) is 10.3. The zero-order chi connectivity index (χ0) is 23.4. The fourth-order valence-electron chi connectivity index (χ4n) is 3.60. The molecule has 0 aliphatic carbocycles. The standard InChI is InChI=1S/C25H25N3O5/c1-30-18-11-9-16(10-12-18)15-26-28-24(27-20-8-6-5-7-19(20)25(28)29)17-13-21(31-2)23(33-4)22(14-17)32-3/h5-14,26H,15H2,1-4H3. The van der Waals surface area contributed by atoms with Crippen LogP contribution in [0.4, 0.5) is 0 Å². The van der Waals surface area contributed by atoms with Crippen molar-refractivity contribution in [1.29, 1.82) is 0 Å². The van der Waals surface area contributed by atoms with Crippen LogP contribution in [-0.4, -0.2) is 38.1 Å². The van der Waals surface area contributed by atoms with Gasteiger partial charge < -0.3 is 24.4 Å². The Morgan fingerprint density at radius 1 is 0.848 bits per heavy atom. The Morgan fingerprint density at radius 3 is 2.12 bits per heavy atom. The van der Waals surface area contributed by atoms with E-state index in [0.717, 1.165) is 11.3 Å². The third kappa shape index (κ3) is 4.27. The van der Waals surface area contributed by atoms with Gasteiger partial charge in [0.05, 0.1) is 45.9 Å². The van der Waals surface area contributed by atoms with Crippen LogP contribution < -0.4 is 29.9 Å². The molecule has 8 heteroatoms. The van der Waals surface area contributed by atoms with E-state index < -0.39 is 0 Å². The Labute approximate surface area is 191 Å². The second-order valence-corrected chi connectivity index (χ2v) is 7.19. The average molecular weight is 447 g/mol. The number of ether oxygens (including phenoxy) is 4. The number of aromatic nitrogens is 2. The molecular weight excluding hydrogens is 422 g/mol. The number of hydrogen-bond acceptors (Lipinski definition) is 7. The van der Waals surface area contributed by atoms with Crippen molar-refractivity contribution in [2.75, 3.05) is 33.9 Å². The minimum Gasteiger partial charge on any atom is -0.497 e. The van der Waals surface area contributed by atoms with E-state index in [0.29, 0.717) is 46.1 Å². The van der Waals surface area contributed by atoms with Gasteiger partial charge >= 0.3 is 0 Å². The van der Waals surface area contributed by atoms with Gasteiger partial charge in [-0.25, -0.2) is 9.66 Å². The summed E-state index contributed by atoms with van der Waals surface area (Å²) in [7, 11) is 6.26. The smallest absolute Gasteiger partial charge is 0.280 e. The van der Waals surface area contributed by atoms with Crippen molar-refractivity contribution < 1.29 is 18.9 Å². The summed E-state index contributed by atoms with van der Waals surface area (Å²) in [5, 5.41) is 0.510. The molecule has 4 rings (SSSR count). The van der Waals surface area contributed by atoms with E-state index >= 15 is 0 Å². The zero-order valence-corrected chi connectivity index (χ0v) is 18.9. The van der Waals surface area contributed by atoms with Gasteiger partial charge in [-0.2, -0.15) is 0 Å². The Kier molecular flexibility index (Phi) is 6.35. The highest BCUT2D eigenvalue weighted by molar-refractivity contribution is 5.80. The van der Waals surface area contributed by atoms with Gasteiger partial charge in [-0.15, -0.1) is 0 Å². The molecule has 33 heavy (non-hydrogen) atoms. The first kappa shape index (κ1) is 22.0. The molecule has 1 N–H and O–H groups in total. The van der Waals surface area contributed by atoms with Crippen LogP contribution in [0.25, 0.3) is 22.3 Å². The van der Waals surface area contributed by atoms with Crippen molar-refractivity contribution in [2.24, 2.45) is 0 Å². The largest absolute Gasteiger partial charge is 0.497 e. The molecule has 0 aliphatic rings. The SMILES string of the molecule is COc1ccc(CNn2c(-c3cc(OC)c(OC)c(OC)c3)nc3ccccc3c2=O)cc1. The number of nitrogens with one attached hydrogen (secondary N) is 1. The number of fused-ring (bicyclic) bond motifs is 1. The van der Waals surface area contributed by atoms with Crippen molar-refractivity contribution in [3.05, 3.63) is 76.6 Å². The molecule has 0 aliphatic heterocycles. The van der Waals surface area contributed by atoms with Crippen LogP contribution in [0.1, 0.15) is 5.56 Å². The van der Waals surface area contributed by atoms with Crippen molar-refractivity contribution in [1.82, 2.24) is 9.66 Å². The Bertz CT molecular complexity index is 1310. The summed E-state index contributed by atoms with van der Waals surface area (Å²) in [4.78, 5) is 18.2. The molecule has 1 heterocycles. The quantitative estimate of drug-likeness (QED) is 0.439. The Balaban J connectivity index is 1.85. The molecule has 0 unspecified atom stereocenters. The van der Waals surface area contributed by atoms with Crippen LogP contribution in [-0.2, 0) is 6.54 Å². The number of nitrogens with zero attached hydrogens (tertiary/aromatic N) is 2. The van der Waals surface area contributed by atoms with E-state index in [-0.39, 0.29) is 5.56 Å². The van der Waals surface area contributed by atoms with Crippen LogP contribution in [0.5, 0.6) is 23.0 Å². The van der Waals surface area contributed by atoms with Gasteiger partial charge in [0.1, 0.15) is 5.75 Å². The molecule has 0 bridgehead atoms.